The first kappa shape index (κ1) is 7.80. The maximum absolute atomic E-state index is 10.4. The Morgan fingerprint density at radius 3 is 3.15 bits per heavy atom. The van der Waals surface area contributed by atoms with Gasteiger partial charge in [-0.25, -0.2) is 4.98 Å². The first-order valence-corrected chi connectivity index (χ1v) is 3.70. The Labute approximate surface area is 76.6 Å². The minimum absolute atomic E-state index is 0.0698. The number of rotatable bonds is 1. The first-order valence-electron chi connectivity index (χ1n) is 3.29. The summed E-state index contributed by atoms with van der Waals surface area (Å²) in [4.78, 5) is 20.7. The lowest BCUT2D eigenvalue weighted by atomic mass is 10.5. The van der Waals surface area contributed by atoms with Crippen LogP contribution in [0.4, 0.5) is 5.95 Å². The van der Waals surface area contributed by atoms with Crippen molar-refractivity contribution in [3.05, 3.63) is 15.9 Å². The molecule has 2 aromatic rings. The van der Waals surface area contributed by atoms with E-state index in [1.165, 1.54) is 6.33 Å². The molecular formula is C5H4N6OS. The summed E-state index contributed by atoms with van der Waals surface area (Å²) in [6, 6.07) is 0. The van der Waals surface area contributed by atoms with Crippen LogP contribution < -0.4 is 5.73 Å². The number of nitrogens with one attached hydrogen (secondary N) is 1. The molecule has 3 N–H and O–H groups in total. The maximum atomic E-state index is 10.4. The van der Waals surface area contributed by atoms with E-state index in [1.54, 1.807) is 0 Å². The number of nitroso groups, excluding NO2 is 1. The van der Waals surface area contributed by atoms with E-state index >= 15 is 0 Å². The molecule has 0 radical (unpaired) electrons. The Balaban J connectivity index is 3.05. The number of H-pyrrole nitrogens is 1. The van der Waals surface area contributed by atoms with Crippen LogP contribution in [0.2, 0.25) is 0 Å². The van der Waals surface area contributed by atoms with Crippen molar-refractivity contribution in [2.45, 2.75) is 0 Å². The van der Waals surface area contributed by atoms with E-state index in [2.05, 4.69) is 20.2 Å². The molecule has 2 heterocycles. The van der Waals surface area contributed by atoms with Gasteiger partial charge in [0.15, 0.2) is 10.3 Å². The van der Waals surface area contributed by atoms with Gasteiger partial charge in [0.05, 0.1) is 11.6 Å². The molecule has 13 heavy (non-hydrogen) atoms. The van der Waals surface area contributed by atoms with Gasteiger partial charge >= 0.3 is 0 Å². The first-order chi connectivity index (χ1) is 6.24. The molecule has 0 aliphatic rings. The van der Waals surface area contributed by atoms with Gasteiger partial charge in [0.2, 0.25) is 5.95 Å². The van der Waals surface area contributed by atoms with Gasteiger partial charge in [0.25, 0.3) is 0 Å². The average Bonchev–Trinajstić information content (AvgIpc) is 2.53. The molecule has 0 atom stereocenters. The number of imidazole rings is 1. The summed E-state index contributed by atoms with van der Waals surface area (Å²) in [5.74, 6) is -0.0698. The quantitative estimate of drug-likeness (QED) is 0.513. The van der Waals surface area contributed by atoms with Crippen LogP contribution in [0.3, 0.4) is 0 Å². The highest BCUT2D eigenvalue weighted by Gasteiger charge is 2.08. The molecule has 0 saturated heterocycles. The fourth-order valence-corrected chi connectivity index (χ4v) is 1.25. The van der Waals surface area contributed by atoms with Gasteiger partial charge < -0.3 is 10.7 Å². The second-order valence-corrected chi connectivity index (χ2v) is 2.66. The normalized spacial score (nSPS) is 10.5. The van der Waals surface area contributed by atoms with E-state index < -0.39 is 0 Å². The van der Waals surface area contributed by atoms with Gasteiger partial charge in [-0.1, -0.05) is 12.2 Å². The van der Waals surface area contributed by atoms with Crippen molar-refractivity contribution in [2.75, 3.05) is 5.73 Å². The van der Waals surface area contributed by atoms with Crippen molar-refractivity contribution >= 4 is 29.3 Å². The van der Waals surface area contributed by atoms with Crippen molar-refractivity contribution in [3.63, 3.8) is 0 Å². The number of hydrogen-bond acceptors (Lipinski definition) is 6. The monoisotopic (exact) mass is 196 g/mol. The Morgan fingerprint density at radius 2 is 2.46 bits per heavy atom. The zero-order valence-corrected chi connectivity index (χ0v) is 7.08. The fourth-order valence-electron chi connectivity index (χ4n) is 1.00. The molecule has 0 saturated carbocycles. The lowest BCUT2D eigenvalue weighted by molar-refractivity contribution is 0.870. The third-order valence-corrected chi connectivity index (χ3v) is 1.84. The number of anilines is 1. The van der Waals surface area contributed by atoms with Crippen LogP contribution in [0.5, 0.6) is 0 Å². The Kier molecular flexibility index (Phi) is 1.55. The zero-order valence-electron chi connectivity index (χ0n) is 6.26. The lowest BCUT2D eigenvalue weighted by Gasteiger charge is -1.98. The summed E-state index contributed by atoms with van der Waals surface area (Å²) in [5, 5.41) is 2.66. The standard InChI is InChI=1S/C5H4N6OS/c6-5-9-4(13)2-3(8-1-7-2)11(5)10-12/h1H,(H,7,8)(H2,6,9,13). The molecule has 0 aliphatic carbocycles. The molecule has 2 aromatic heterocycles. The van der Waals surface area contributed by atoms with Gasteiger partial charge in [-0.2, -0.15) is 4.98 Å². The molecule has 8 heteroatoms. The summed E-state index contributed by atoms with van der Waals surface area (Å²) in [6.45, 7) is 0. The van der Waals surface area contributed by atoms with Crippen molar-refractivity contribution < 1.29 is 0 Å². The number of hydrogen-bond donors (Lipinski definition) is 2. The van der Waals surface area contributed by atoms with Crippen molar-refractivity contribution in [1.29, 1.82) is 0 Å². The summed E-state index contributed by atoms with van der Waals surface area (Å²) in [6.07, 6.45) is 1.39. The maximum Gasteiger partial charge on any atom is 0.227 e. The Bertz CT molecular complexity index is 527. The van der Waals surface area contributed by atoms with E-state index in [0.717, 1.165) is 4.68 Å². The summed E-state index contributed by atoms with van der Waals surface area (Å²) in [5.41, 5.74) is 6.16. The second kappa shape index (κ2) is 2.59. The second-order valence-electron chi connectivity index (χ2n) is 2.27. The number of aromatic amines is 1. The van der Waals surface area contributed by atoms with Gasteiger partial charge in [-0.3, -0.25) is 0 Å². The molecule has 0 spiro atoms. The largest absolute Gasteiger partial charge is 0.368 e. The summed E-state index contributed by atoms with van der Waals surface area (Å²) < 4.78 is 1.15. The van der Waals surface area contributed by atoms with E-state index in [9.17, 15) is 4.91 Å². The van der Waals surface area contributed by atoms with E-state index in [1.807, 2.05) is 0 Å². The molecule has 2 rings (SSSR count). The van der Waals surface area contributed by atoms with Crippen molar-refractivity contribution in [1.82, 2.24) is 19.6 Å². The van der Waals surface area contributed by atoms with Crippen LogP contribution in [0.25, 0.3) is 11.2 Å². The van der Waals surface area contributed by atoms with Gasteiger partial charge in [-0.15, -0.1) is 9.58 Å². The topological polar surface area (TPSA) is 102 Å². The molecule has 66 valence electrons. The molecule has 7 nitrogen and oxygen atoms in total. The molecule has 0 aliphatic heterocycles. The number of nitrogens with zero attached hydrogens (tertiary/aromatic N) is 4. The van der Waals surface area contributed by atoms with Crippen molar-refractivity contribution in [2.24, 2.45) is 5.29 Å². The van der Waals surface area contributed by atoms with E-state index in [-0.39, 0.29) is 16.2 Å². The van der Waals surface area contributed by atoms with Gasteiger partial charge in [-0.05, 0) is 0 Å². The van der Waals surface area contributed by atoms with Gasteiger partial charge in [0.1, 0.15) is 5.52 Å². The number of fused-ring (bicyclic) bond motifs is 1. The zero-order chi connectivity index (χ0) is 9.42. The highest BCUT2D eigenvalue weighted by molar-refractivity contribution is 7.71. The van der Waals surface area contributed by atoms with E-state index in [0.29, 0.717) is 5.52 Å². The number of aromatic nitrogens is 4. The minimum Gasteiger partial charge on any atom is -0.368 e. The third-order valence-electron chi connectivity index (χ3n) is 1.55. The smallest absolute Gasteiger partial charge is 0.227 e. The molecule has 0 aromatic carbocycles. The van der Waals surface area contributed by atoms with Crippen LogP contribution in [-0.2, 0) is 0 Å². The van der Waals surface area contributed by atoms with Crippen LogP contribution >= 0.6 is 12.2 Å². The average molecular weight is 196 g/mol. The predicted octanol–water partition coefficient (Wildman–Crippen LogP) is 0.601. The predicted molar refractivity (Wildman–Crippen MR) is 48.3 cm³/mol. The van der Waals surface area contributed by atoms with Crippen LogP contribution in [-0.4, -0.2) is 19.6 Å². The van der Waals surface area contributed by atoms with Crippen LogP contribution in [0, 0.1) is 9.55 Å². The fraction of sp³-hybridized carbons (Fsp3) is 0. The SMILES string of the molecule is Nc1nc(=S)c2[nH]cnc2n1N=O. The highest BCUT2D eigenvalue weighted by Crippen LogP contribution is 2.12. The molecule has 0 bridgehead atoms. The number of nitrogens with two attached hydrogens (primary N) is 1. The van der Waals surface area contributed by atoms with Crippen LogP contribution in [0.15, 0.2) is 11.6 Å². The lowest BCUT2D eigenvalue weighted by Crippen LogP contribution is -2.04. The molecular weight excluding hydrogens is 192 g/mol. The van der Waals surface area contributed by atoms with Crippen molar-refractivity contribution in [3.8, 4) is 0 Å². The van der Waals surface area contributed by atoms with Gasteiger partial charge in [0, 0.05) is 0 Å². The third kappa shape index (κ3) is 0.991. The molecule has 0 amide bonds. The molecule has 0 unspecified atom stereocenters. The summed E-state index contributed by atoms with van der Waals surface area (Å²) >= 11 is 4.88. The van der Waals surface area contributed by atoms with Crippen LogP contribution in [0.1, 0.15) is 0 Å². The number of nitrogen functional groups attached to an aromatic ring is 1. The summed E-state index contributed by atoms with van der Waals surface area (Å²) in [7, 11) is 0. The van der Waals surface area contributed by atoms with E-state index in [4.69, 9.17) is 18.0 Å². The highest BCUT2D eigenvalue weighted by atomic mass is 32.1. The minimum atomic E-state index is -0.0698. The molecule has 0 fully saturated rings. The Morgan fingerprint density at radius 1 is 1.69 bits per heavy atom. The Hall–Kier alpha value is -1.83.